The first-order valence-corrected chi connectivity index (χ1v) is 6.92. The van der Waals surface area contributed by atoms with E-state index in [2.05, 4.69) is 19.1 Å². The van der Waals surface area contributed by atoms with E-state index in [0.29, 0.717) is 17.3 Å². The van der Waals surface area contributed by atoms with Crippen LogP contribution in [0.25, 0.3) is 0 Å². The van der Waals surface area contributed by atoms with Crippen LogP contribution in [0, 0.1) is 11.8 Å². The van der Waals surface area contributed by atoms with Crippen molar-refractivity contribution in [3.63, 3.8) is 0 Å². The van der Waals surface area contributed by atoms with Crippen molar-refractivity contribution >= 4 is 7.60 Å². The van der Waals surface area contributed by atoms with E-state index in [4.69, 9.17) is 13.8 Å². The second-order valence-corrected chi connectivity index (χ2v) is 6.29. The average molecular weight is 244 g/mol. The highest BCUT2D eigenvalue weighted by atomic mass is 31.2. The average Bonchev–Trinajstić information content (AvgIpc) is 2.76. The molecular formula is C11H17O4P. The van der Waals surface area contributed by atoms with Gasteiger partial charge < -0.3 is 13.8 Å². The molecule has 4 nitrogen and oxygen atoms in total. The lowest BCUT2D eigenvalue weighted by Gasteiger charge is -2.32. The van der Waals surface area contributed by atoms with Crippen molar-refractivity contribution in [1.29, 1.82) is 0 Å². The molecule has 0 aromatic heterocycles. The molecule has 2 rings (SSSR count). The molecule has 0 saturated carbocycles. The smallest absolute Gasteiger partial charge is 0.394 e. The Labute approximate surface area is 95.8 Å². The van der Waals surface area contributed by atoms with E-state index in [9.17, 15) is 4.57 Å². The van der Waals surface area contributed by atoms with Gasteiger partial charge in [0.05, 0.1) is 0 Å². The molecule has 0 amide bonds. The lowest BCUT2D eigenvalue weighted by atomic mass is 9.90. The molecule has 1 aliphatic heterocycles. The fourth-order valence-corrected chi connectivity index (χ4v) is 3.42. The summed E-state index contributed by atoms with van der Waals surface area (Å²) in [5.41, 5.74) is 0.356. The lowest BCUT2D eigenvalue weighted by molar-refractivity contribution is 0.0649. The Balaban J connectivity index is 2.25. The van der Waals surface area contributed by atoms with Gasteiger partial charge in [-0.3, -0.25) is 4.57 Å². The van der Waals surface area contributed by atoms with Crippen LogP contribution in [0.1, 0.15) is 13.3 Å². The largest absolute Gasteiger partial charge is 0.482 e. The molecule has 2 aliphatic rings. The molecule has 0 aromatic carbocycles. The van der Waals surface area contributed by atoms with E-state index in [1.54, 1.807) is 0 Å². The third-order valence-electron chi connectivity index (χ3n) is 3.19. The molecule has 16 heavy (non-hydrogen) atoms. The third-order valence-corrected chi connectivity index (χ3v) is 4.95. The summed E-state index contributed by atoms with van der Waals surface area (Å²) in [6, 6.07) is 0. The molecule has 0 aromatic rings. The lowest BCUT2D eigenvalue weighted by Crippen LogP contribution is -2.28. The predicted molar refractivity (Wildman–Crippen MR) is 61.0 cm³/mol. The highest BCUT2D eigenvalue weighted by Crippen LogP contribution is 2.58. The first-order valence-electron chi connectivity index (χ1n) is 5.38. The van der Waals surface area contributed by atoms with Crippen LogP contribution in [-0.4, -0.2) is 20.3 Å². The predicted octanol–water partition coefficient (Wildman–Crippen LogP) is 2.92. The summed E-state index contributed by atoms with van der Waals surface area (Å²) in [6.45, 7) is 2.09. The highest BCUT2D eigenvalue weighted by Gasteiger charge is 2.40. The van der Waals surface area contributed by atoms with E-state index in [1.807, 2.05) is 6.08 Å². The van der Waals surface area contributed by atoms with E-state index in [0.717, 1.165) is 6.42 Å². The summed E-state index contributed by atoms with van der Waals surface area (Å²) in [5.74, 6) is 0.678. The zero-order valence-corrected chi connectivity index (χ0v) is 10.6. The molecule has 0 radical (unpaired) electrons. The van der Waals surface area contributed by atoms with Crippen molar-refractivity contribution < 1.29 is 18.3 Å². The van der Waals surface area contributed by atoms with E-state index in [-0.39, 0.29) is 6.10 Å². The fraction of sp³-hybridized carbons (Fsp3) is 0.636. The van der Waals surface area contributed by atoms with Gasteiger partial charge in [0, 0.05) is 26.6 Å². The van der Waals surface area contributed by atoms with Crippen LogP contribution < -0.4 is 0 Å². The van der Waals surface area contributed by atoms with Crippen LogP contribution in [0.3, 0.4) is 0 Å². The quantitative estimate of drug-likeness (QED) is 0.565. The Hall–Kier alpha value is -0.570. The number of ether oxygens (including phenoxy) is 1. The molecule has 0 spiro atoms. The zero-order chi connectivity index (χ0) is 11.8. The minimum atomic E-state index is -3.23. The second kappa shape index (κ2) is 4.36. The monoisotopic (exact) mass is 244 g/mol. The first-order chi connectivity index (χ1) is 7.60. The summed E-state index contributed by atoms with van der Waals surface area (Å²) < 4.78 is 27.8. The van der Waals surface area contributed by atoms with Crippen molar-refractivity contribution in [2.45, 2.75) is 19.4 Å². The molecule has 5 heteroatoms. The third kappa shape index (κ3) is 1.86. The highest BCUT2D eigenvalue weighted by molar-refractivity contribution is 7.58. The standard InChI is InChI=1S/C11H17O4P/c1-8-7-11(16(12,13-2)14-3)15-10-6-4-5-9(8)10/h4-5,7-10H,6H2,1-3H3/t8-,9-,10-/m1/s1. The van der Waals surface area contributed by atoms with Gasteiger partial charge in [-0.2, -0.15) is 0 Å². The normalized spacial score (nSPS) is 33.2. The maximum Gasteiger partial charge on any atom is 0.394 e. The van der Waals surface area contributed by atoms with Crippen LogP contribution in [-0.2, 0) is 18.3 Å². The van der Waals surface area contributed by atoms with E-state index < -0.39 is 7.60 Å². The summed E-state index contributed by atoms with van der Waals surface area (Å²) >= 11 is 0. The summed E-state index contributed by atoms with van der Waals surface area (Å²) in [6.07, 6.45) is 7.05. The summed E-state index contributed by atoms with van der Waals surface area (Å²) in [5, 5.41) is 0. The topological polar surface area (TPSA) is 44.8 Å². The van der Waals surface area contributed by atoms with Gasteiger partial charge in [0.1, 0.15) is 6.10 Å². The number of rotatable bonds is 3. The van der Waals surface area contributed by atoms with Gasteiger partial charge in [0.25, 0.3) is 0 Å². The number of hydrogen-bond acceptors (Lipinski definition) is 4. The van der Waals surface area contributed by atoms with Crippen LogP contribution in [0.5, 0.6) is 0 Å². The van der Waals surface area contributed by atoms with Crippen molar-refractivity contribution in [3.05, 3.63) is 23.7 Å². The van der Waals surface area contributed by atoms with Crippen molar-refractivity contribution in [2.75, 3.05) is 14.2 Å². The molecule has 90 valence electrons. The number of fused-ring (bicyclic) bond motifs is 1. The number of hydrogen-bond donors (Lipinski definition) is 0. The Morgan fingerprint density at radius 1 is 1.44 bits per heavy atom. The fourth-order valence-electron chi connectivity index (χ4n) is 2.23. The minimum Gasteiger partial charge on any atom is -0.482 e. The molecule has 0 saturated heterocycles. The van der Waals surface area contributed by atoms with Crippen LogP contribution in [0.15, 0.2) is 23.7 Å². The molecular weight excluding hydrogens is 227 g/mol. The minimum absolute atomic E-state index is 0.0774. The number of allylic oxidation sites excluding steroid dienone is 1. The van der Waals surface area contributed by atoms with Gasteiger partial charge in [-0.25, -0.2) is 0 Å². The maximum atomic E-state index is 12.2. The van der Waals surface area contributed by atoms with Crippen molar-refractivity contribution in [3.8, 4) is 0 Å². The Bertz CT molecular complexity index is 366. The molecule has 3 atom stereocenters. The molecule has 0 fully saturated rings. The zero-order valence-electron chi connectivity index (χ0n) is 9.75. The van der Waals surface area contributed by atoms with E-state index in [1.165, 1.54) is 14.2 Å². The van der Waals surface area contributed by atoms with Gasteiger partial charge in [-0.05, 0) is 12.0 Å². The molecule has 1 aliphatic carbocycles. The van der Waals surface area contributed by atoms with Gasteiger partial charge in [-0.15, -0.1) is 0 Å². The maximum absolute atomic E-state index is 12.2. The van der Waals surface area contributed by atoms with Crippen LogP contribution >= 0.6 is 7.60 Å². The van der Waals surface area contributed by atoms with Crippen LogP contribution in [0.4, 0.5) is 0 Å². The van der Waals surface area contributed by atoms with E-state index >= 15 is 0 Å². The summed E-state index contributed by atoms with van der Waals surface area (Å²) in [4.78, 5) is 0. The SMILES string of the molecule is COP(=O)(OC)C1=C[C@@H](C)[C@H]2C=CC[C@H]2O1. The first kappa shape index (κ1) is 11.9. The van der Waals surface area contributed by atoms with Crippen molar-refractivity contribution in [2.24, 2.45) is 11.8 Å². The molecule has 0 unspecified atom stereocenters. The van der Waals surface area contributed by atoms with Crippen LogP contribution in [0.2, 0.25) is 0 Å². The Morgan fingerprint density at radius 3 is 2.75 bits per heavy atom. The van der Waals surface area contributed by atoms with Gasteiger partial charge >= 0.3 is 7.60 Å². The molecule has 1 heterocycles. The Morgan fingerprint density at radius 2 is 2.12 bits per heavy atom. The second-order valence-electron chi connectivity index (χ2n) is 4.12. The molecule has 0 bridgehead atoms. The molecule has 0 N–H and O–H groups in total. The van der Waals surface area contributed by atoms with Gasteiger partial charge in [0.2, 0.25) is 5.50 Å². The summed E-state index contributed by atoms with van der Waals surface area (Å²) in [7, 11) is -0.486. The Kier molecular flexibility index (Phi) is 3.24. The van der Waals surface area contributed by atoms with Gasteiger partial charge in [0.15, 0.2) is 0 Å². The van der Waals surface area contributed by atoms with Gasteiger partial charge in [-0.1, -0.05) is 19.1 Å². The van der Waals surface area contributed by atoms with Crippen molar-refractivity contribution in [1.82, 2.24) is 0 Å².